The summed E-state index contributed by atoms with van der Waals surface area (Å²) < 4.78 is 0. The minimum atomic E-state index is -0.489. The maximum Gasteiger partial charge on any atom is 0.135 e. The lowest BCUT2D eigenvalue weighted by Crippen LogP contribution is -2.49. The van der Waals surface area contributed by atoms with Crippen molar-refractivity contribution >= 4 is 5.78 Å². The maximum absolute atomic E-state index is 12.1. The molecule has 0 aromatic heterocycles. The molecule has 3 fully saturated rings. The van der Waals surface area contributed by atoms with E-state index in [1.807, 2.05) is 20.8 Å². The first kappa shape index (κ1) is 21.6. The summed E-state index contributed by atoms with van der Waals surface area (Å²) in [5.41, 5.74) is 1.42. The third-order valence-electron chi connectivity index (χ3n) is 9.97. The standard InChI is InChI=1S/C27H44O2/c1-17(2)25(28)13-6-18(3)20-9-10-22-21(20)11-12-24-23(22)8-7-19-16-26(4,29)14-15-27(19,24)5/h7,17-18,20-24,29H,6,8-16H2,1-5H3/t18-,20-,21-,22-,23+,24+,26+,27+/m1/s1. The number of carbonyl (C=O) groups is 1. The van der Waals surface area contributed by atoms with E-state index in [1.165, 1.54) is 38.5 Å². The number of aliphatic hydroxyl groups is 1. The van der Waals surface area contributed by atoms with E-state index >= 15 is 0 Å². The number of hydrogen-bond donors (Lipinski definition) is 1. The van der Waals surface area contributed by atoms with Gasteiger partial charge in [-0.3, -0.25) is 4.79 Å². The summed E-state index contributed by atoms with van der Waals surface area (Å²) in [5, 5.41) is 10.6. The predicted octanol–water partition coefficient (Wildman–Crippen LogP) is 6.57. The molecule has 0 aliphatic heterocycles. The van der Waals surface area contributed by atoms with Crippen molar-refractivity contribution in [3.05, 3.63) is 11.6 Å². The maximum atomic E-state index is 12.1. The van der Waals surface area contributed by atoms with Crippen LogP contribution in [0.4, 0.5) is 0 Å². The molecule has 2 heteroatoms. The fraction of sp³-hybridized carbons (Fsp3) is 0.889. The lowest BCUT2D eigenvalue weighted by molar-refractivity contribution is -0.122. The summed E-state index contributed by atoms with van der Waals surface area (Å²) in [4.78, 5) is 12.1. The second-order valence-corrected chi connectivity index (χ2v) is 12.1. The molecule has 0 saturated heterocycles. The zero-order valence-corrected chi connectivity index (χ0v) is 19.5. The highest BCUT2D eigenvalue weighted by Gasteiger charge is 2.55. The van der Waals surface area contributed by atoms with Crippen molar-refractivity contribution in [3.63, 3.8) is 0 Å². The molecule has 1 N–H and O–H groups in total. The van der Waals surface area contributed by atoms with E-state index in [9.17, 15) is 9.90 Å². The predicted molar refractivity (Wildman–Crippen MR) is 119 cm³/mol. The number of allylic oxidation sites excluding steroid dienone is 1. The van der Waals surface area contributed by atoms with E-state index in [4.69, 9.17) is 0 Å². The number of carbonyl (C=O) groups excluding carboxylic acids is 1. The smallest absolute Gasteiger partial charge is 0.135 e. The third-order valence-corrected chi connectivity index (χ3v) is 9.97. The van der Waals surface area contributed by atoms with Crippen LogP contribution < -0.4 is 0 Å². The second kappa shape index (κ2) is 7.81. The van der Waals surface area contributed by atoms with Gasteiger partial charge in [0, 0.05) is 12.3 Å². The molecule has 4 aliphatic rings. The fourth-order valence-electron chi connectivity index (χ4n) is 8.08. The number of fused-ring (bicyclic) bond motifs is 5. The largest absolute Gasteiger partial charge is 0.390 e. The van der Waals surface area contributed by atoms with Crippen LogP contribution in [0.5, 0.6) is 0 Å². The molecule has 0 heterocycles. The molecule has 4 rings (SSSR count). The highest BCUT2D eigenvalue weighted by Crippen LogP contribution is 2.63. The van der Waals surface area contributed by atoms with Crippen molar-refractivity contribution in [2.24, 2.45) is 46.8 Å². The lowest BCUT2D eigenvalue weighted by Gasteiger charge is -2.56. The Balaban J connectivity index is 1.45. The second-order valence-electron chi connectivity index (χ2n) is 12.1. The topological polar surface area (TPSA) is 37.3 Å². The van der Waals surface area contributed by atoms with E-state index in [0.717, 1.165) is 55.3 Å². The Morgan fingerprint density at radius 3 is 2.52 bits per heavy atom. The van der Waals surface area contributed by atoms with Crippen molar-refractivity contribution in [2.45, 2.75) is 104 Å². The van der Waals surface area contributed by atoms with Crippen LogP contribution in [-0.4, -0.2) is 16.5 Å². The molecular formula is C27H44O2. The highest BCUT2D eigenvalue weighted by atomic mass is 16.3. The van der Waals surface area contributed by atoms with Gasteiger partial charge in [-0.05, 0) is 106 Å². The summed E-state index contributed by atoms with van der Waals surface area (Å²) in [6.45, 7) is 11.1. The Labute approximate surface area is 178 Å². The molecule has 2 nitrogen and oxygen atoms in total. The zero-order chi connectivity index (χ0) is 21.0. The van der Waals surface area contributed by atoms with Crippen LogP contribution in [-0.2, 0) is 4.79 Å². The summed E-state index contributed by atoms with van der Waals surface area (Å²) in [7, 11) is 0. The van der Waals surface area contributed by atoms with Gasteiger partial charge in [-0.15, -0.1) is 0 Å². The number of hydrogen-bond acceptors (Lipinski definition) is 2. The van der Waals surface area contributed by atoms with Gasteiger partial charge in [0.15, 0.2) is 0 Å². The van der Waals surface area contributed by atoms with Gasteiger partial charge < -0.3 is 5.11 Å². The van der Waals surface area contributed by atoms with Crippen molar-refractivity contribution in [1.29, 1.82) is 0 Å². The summed E-state index contributed by atoms with van der Waals surface area (Å²) in [6.07, 6.45) is 14.3. The molecule has 0 radical (unpaired) electrons. The van der Waals surface area contributed by atoms with Crippen LogP contribution in [0, 0.1) is 46.8 Å². The SMILES string of the molecule is CC(C)C(=O)CC[C@@H](C)[C@H]1CC[C@@H]2[C@@H]1CC[C@H]1[C@H]2CC=C2C[C@@](C)(O)CC[C@@]21C. The average molecular weight is 401 g/mol. The van der Waals surface area contributed by atoms with Gasteiger partial charge in [-0.25, -0.2) is 0 Å². The molecular weight excluding hydrogens is 356 g/mol. The molecule has 8 atom stereocenters. The van der Waals surface area contributed by atoms with Gasteiger partial charge in [0.25, 0.3) is 0 Å². The van der Waals surface area contributed by atoms with Crippen LogP contribution in [0.2, 0.25) is 0 Å². The van der Waals surface area contributed by atoms with E-state index in [2.05, 4.69) is 19.9 Å². The van der Waals surface area contributed by atoms with Crippen molar-refractivity contribution < 1.29 is 9.90 Å². The van der Waals surface area contributed by atoms with Crippen molar-refractivity contribution in [1.82, 2.24) is 0 Å². The minimum absolute atomic E-state index is 0.189. The van der Waals surface area contributed by atoms with E-state index in [0.29, 0.717) is 17.1 Å². The number of rotatable bonds is 5. The van der Waals surface area contributed by atoms with Crippen LogP contribution in [0.25, 0.3) is 0 Å². The molecule has 0 bridgehead atoms. The number of ketones is 1. The average Bonchev–Trinajstić information content (AvgIpc) is 3.10. The first-order valence-corrected chi connectivity index (χ1v) is 12.6. The molecule has 29 heavy (non-hydrogen) atoms. The van der Waals surface area contributed by atoms with E-state index in [1.54, 1.807) is 5.57 Å². The third kappa shape index (κ3) is 3.88. The summed E-state index contributed by atoms with van der Waals surface area (Å²) in [5.74, 6) is 5.65. The lowest BCUT2D eigenvalue weighted by atomic mass is 9.49. The van der Waals surface area contributed by atoms with Crippen LogP contribution in [0.15, 0.2) is 11.6 Å². The molecule has 0 aromatic rings. The van der Waals surface area contributed by atoms with Crippen molar-refractivity contribution in [3.8, 4) is 0 Å². The monoisotopic (exact) mass is 400 g/mol. The fourth-order valence-corrected chi connectivity index (χ4v) is 8.08. The Morgan fingerprint density at radius 1 is 1.07 bits per heavy atom. The van der Waals surface area contributed by atoms with Crippen LogP contribution >= 0.6 is 0 Å². The van der Waals surface area contributed by atoms with Crippen LogP contribution in [0.3, 0.4) is 0 Å². The molecule has 0 aromatic carbocycles. The Hall–Kier alpha value is -0.630. The van der Waals surface area contributed by atoms with Gasteiger partial charge in [0.1, 0.15) is 5.78 Å². The quantitative estimate of drug-likeness (QED) is 0.530. The Bertz CT molecular complexity index is 659. The molecule has 4 aliphatic carbocycles. The minimum Gasteiger partial charge on any atom is -0.390 e. The van der Waals surface area contributed by atoms with Crippen LogP contribution in [0.1, 0.15) is 98.8 Å². The molecule has 0 amide bonds. The first-order valence-electron chi connectivity index (χ1n) is 12.6. The Morgan fingerprint density at radius 2 is 1.79 bits per heavy atom. The molecule has 3 saturated carbocycles. The van der Waals surface area contributed by atoms with E-state index in [-0.39, 0.29) is 5.92 Å². The zero-order valence-electron chi connectivity index (χ0n) is 19.5. The molecule has 0 spiro atoms. The van der Waals surface area contributed by atoms with Gasteiger partial charge in [0.2, 0.25) is 0 Å². The normalized spacial score (nSPS) is 45.2. The van der Waals surface area contributed by atoms with E-state index < -0.39 is 5.60 Å². The summed E-state index contributed by atoms with van der Waals surface area (Å²) >= 11 is 0. The Kier molecular flexibility index (Phi) is 5.82. The summed E-state index contributed by atoms with van der Waals surface area (Å²) in [6, 6.07) is 0. The first-order chi connectivity index (χ1) is 13.6. The number of Topliss-reactive ketones (excluding diaryl/α,β-unsaturated/α-hetero) is 1. The molecule has 0 unspecified atom stereocenters. The van der Waals surface area contributed by atoms with Gasteiger partial charge in [0.05, 0.1) is 5.60 Å². The molecule has 164 valence electrons. The van der Waals surface area contributed by atoms with Gasteiger partial charge >= 0.3 is 0 Å². The highest BCUT2D eigenvalue weighted by molar-refractivity contribution is 5.80. The van der Waals surface area contributed by atoms with Gasteiger partial charge in [-0.1, -0.05) is 39.3 Å². The van der Waals surface area contributed by atoms with Crippen molar-refractivity contribution in [2.75, 3.05) is 0 Å². The van der Waals surface area contributed by atoms with Gasteiger partial charge in [-0.2, -0.15) is 0 Å².